The number of halogens is 2. The summed E-state index contributed by atoms with van der Waals surface area (Å²) in [6.07, 6.45) is 0.600. The first-order valence-corrected chi connectivity index (χ1v) is 10.9. The van der Waals surface area contributed by atoms with Crippen molar-refractivity contribution in [3.05, 3.63) is 75.3 Å². The molecule has 1 fully saturated rings. The molecule has 2 heterocycles. The smallest absolute Gasteiger partial charge is 0.337 e. The van der Waals surface area contributed by atoms with Crippen LogP contribution in [0.4, 0.5) is 5.69 Å². The molecule has 2 aromatic carbocycles. The van der Waals surface area contributed by atoms with Crippen LogP contribution in [-0.2, 0) is 19.7 Å². The highest BCUT2D eigenvalue weighted by atomic mass is 35.5. The van der Waals surface area contributed by atoms with Crippen molar-refractivity contribution in [1.82, 2.24) is 5.32 Å². The first-order chi connectivity index (χ1) is 15.2. The van der Waals surface area contributed by atoms with Crippen molar-refractivity contribution in [2.75, 3.05) is 12.4 Å². The van der Waals surface area contributed by atoms with Gasteiger partial charge >= 0.3 is 5.97 Å². The molecule has 2 aliphatic heterocycles. The maximum absolute atomic E-state index is 13.7. The number of anilines is 1. The van der Waals surface area contributed by atoms with Crippen LogP contribution in [0.15, 0.2) is 48.6 Å². The lowest BCUT2D eigenvalue weighted by atomic mass is 9.59. The molecule has 8 heteroatoms. The summed E-state index contributed by atoms with van der Waals surface area (Å²) in [5.74, 6) is -1.64. The van der Waals surface area contributed by atoms with Crippen LogP contribution in [0.1, 0.15) is 47.2 Å². The van der Waals surface area contributed by atoms with Gasteiger partial charge in [-0.1, -0.05) is 48.3 Å². The third-order valence-electron chi connectivity index (χ3n) is 6.36. The number of hydrogen-bond donors (Lipinski definition) is 2. The van der Waals surface area contributed by atoms with Gasteiger partial charge in [0.25, 0.3) is 0 Å². The van der Waals surface area contributed by atoms with E-state index in [0.717, 1.165) is 11.1 Å². The van der Waals surface area contributed by atoms with E-state index in [9.17, 15) is 14.4 Å². The Bertz CT molecular complexity index is 1160. The van der Waals surface area contributed by atoms with E-state index in [1.807, 2.05) is 13.0 Å². The lowest BCUT2D eigenvalue weighted by Gasteiger charge is -2.47. The Labute approximate surface area is 195 Å². The minimum Gasteiger partial charge on any atom is -0.465 e. The second kappa shape index (κ2) is 8.26. The Morgan fingerprint density at radius 2 is 1.94 bits per heavy atom. The van der Waals surface area contributed by atoms with Crippen molar-refractivity contribution >= 4 is 46.7 Å². The number of benzene rings is 2. The van der Waals surface area contributed by atoms with Crippen LogP contribution in [0.25, 0.3) is 0 Å². The highest BCUT2D eigenvalue weighted by molar-refractivity contribution is 6.31. The van der Waals surface area contributed by atoms with Gasteiger partial charge in [-0.15, -0.1) is 0 Å². The summed E-state index contributed by atoms with van der Waals surface area (Å²) in [5, 5.41) is 6.73. The molecule has 2 N–H and O–H groups in total. The van der Waals surface area contributed by atoms with Gasteiger partial charge in [-0.2, -0.15) is 0 Å². The Morgan fingerprint density at radius 3 is 2.62 bits per heavy atom. The number of hydrogen-bond acceptors (Lipinski definition) is 4. The molecule has 2 aliphatic rings. The summed E-state index contributed by atoms with van der Waals surface area (Å²) in [6, 6.07) is 9.39. The minimum absolute atomic E-state index is 0.0317. The topological polar surface area (TPSA) is 84.5 Å². The number of nitrogens with one attached hydrogen (secondary N) is 2. The summed E-state index contributed by atoms with van der Waals surface area (Å²) in [6.45, 7) is 6.09. The van der Waals surface area contributed by atoms with Crippen LogP contribution in [0.3, 0.4) is 0 Å². The zero-order valence-corrected chi connectivity index (χ0v) is 19.1. The van der Waals surface area contributed by atoms with Gasteiger partial charge in [0, 0.05) is 28.1 Å². The summed E-state index contributed by atoms with van der Waals surface area (Å²) < 4.78 is 4.85. The lowest BCUT2D eigenvalue weighted by molar-refractivity contribution is -0.130. The van der Waals surface area contributed by atoms with Gasteiger partial charge in [0.2, 0.25) is 11.8 Å². The maximum Gasteiger partial charge on any atom is 0.337 e. The molecule has 4 rings (SSSR count). The Morgan fingerprint density at radius 1 is 1.19 bits per heavy atom. The van der Waals surface area contributed by atoms with Crippen LogP contribution >= 0.6 is 23.2 Å². The molecular formula is C24H22Cl2N2O4. The van der Waals surface area contributed by atoms with Crippen LogP contribution in [-0.4, -0.2) is 30.9 Å². The van der Waals surface area contributed by atoms with Crippen molar-refractivity contribution < 1.29 is 19.1 Å². The average Bonchev–Trinajstić information content (AvgIpc) is 3.04. The maximum atomic E-state index is 13.7. The summed E-state index contributed by atoms with van der Waals surface area (Å²) in [5.41, 5.74) is 1.69. The van der Waals surface area contributed by atoms with Crippen molar-refractivity contribution in [3.8, 4) is 0 Å². The van der Waals surface area contributed by atoms with Crippen molar-refractivity contribution in [2.45, 2.75) is 37.1 Å². The summed E-state index contributed by atoms with van der Waals surface area (Å²) >= 11 is 12.5. The molecule has 0 aromatic heterocycles. The third kappa shape index (κ3) is 3.38. The Hall–Kier alpha value is -2.83. The van der Waals surface area contributed by atoms with E-state index < -0.39 is 23.3 Å². The summed E-state index contributed by atoms with van der Waals surface area (Å²) in [4.78, 5) is 38.8. The van der Waals surface area contributed by atoms with Crippen molar-refractivity contribution in [3.63, 3.8) is 0 Å². The number of fused-ring (bicyclic) bond motifs is 2. The zero-order chi connectivity index (χ0) is 23.2. The monoisotopic (exact) mass is 472 g/mol. The number of rotatable bonds is 4. The summed E-state index contributed by atoms with van der Waals surface area (Å²) in [7, 11) is 1.28. The van der Waals surface area contributed by atoms with Crippen molar-refractivity contribution in [1.29, 1.82) is 0 Å². The molecule has 2 aromatic rings. The van der Waals surface area contributed by atoms with E-state index in [1.165, 1.54) is 13.2 Å². The van der Waals surface area contributed by atoms with Gasteiger partial charge in [0.1, 0.15) is 5.41 Å². The number of piperidine rings is 1. The van der Waals surface area contributed by atoms with Crippen LogP contribution in [0.2, 0.25) is 10.0 Å². The largest absolute Gasteiger partial charge is 0.465 e. The molecule has 0 saturated carbocycles. The van der Waals surface area contributed by atoms with Gasteiger partial charge in [0.15, 0.2) is 0 Å². The molecule has 32 heavy (non-hydrogen) atoms. The van der Waals surface area contributed by atoms with Gasteiger partial charge in [-0.25, -0.2) is 4.79 Å². The average molecular weight is 473 g/mol. The van der Waals surface area contributed by atoms with E-state index >= 15 is 0 Å². The predicted molar refractivity (Wildman–Crippen MR) is 123 cm³/mol. The fraction of sp³-hybridized carbons (Fsp3) is 0.292. The zero-order valence-electron chi connectivity index (χ0n) is 17.6. The molecule has 2 amide bonds. The molecule has 166 valence electrons. The van der Waals surface area contributed by atoms with Gasteiger partial charge in [-0.05, 0) is 47.9 Å². The van der Waals surface area contributed by atoms with Crippen LogP contribution in [0, 0.1) is 0 Å². The fourth-order valence-corrected chi connectivity index (χ4v) is 5.32. The molecular weight excluding hydrogens is 451 g/mol. The molecule has 0 radical (unpaired) electrons. The van der Waals surface area contributed by atoms with Crippen LogP contribution in [0.5, 0.6) is 0 Å². The first-order valence-electron chi connectivity index (χ1n) is 10.2. The van der Waals surface area contributed by atoms with E-state index in [0.29, 0.717) is 27.7 Å². The number of carbonyl (C=O) groups is 3. The van der Waals surface area contributed by atoms with Crippen molar-refractivity contribution in [2.24, 2.45) is 0 Å². The highest BCUT2D eigenvalue weighted by Crippen LogP contribution is 2.54. The second-order valence-electron chi connectivity index (χ2n) is 8.05. The first kappa shape index (κ1) is 22.4. The minimum atomic E-state index is -1.18. The predicted octanol–water partition coefficient (Wildman–Crippen LogP) is 4.61. The fourth-order valence-electron chi connectivity index (χ4n) is 4.90. The Balaban J connectivity index is 2.00. The van der Waals surface area contributed by atoms with Gasteiger partial charge in [0.05, 0.1) is 18.7 Å². The molecule has 1 spiro atoms. The van der Waals surface area contributed by atoms with Crippen LogP contribution < -0.4 is 10.6 Å². The quantitative estimate of drug-likeness (QED) is 0.502. The van der Waals surface area contributed by atoms with Gasteiger partial charge in [-0.3, -0.25) is 9.59 Å². The highest BCUT2D eigenvalue weighted by Gasteiger charge is 2.61. The molecule has 3 atom stereocenters. The van der Waals surface area contributed by atoms with E-state index in [-0.39, 0.29) is 23.8 Å². The number of ether oxygens (including phenoxy) is 1. The number of carbonyl (C=O) groups excluding carboxylic acids is 3. The number of esters is 1. The standard InChI is InChI=1S/C24H22Cl2N2O4/c1-4-12(2)21-24(17-6-5-15(25)10-19(17)27-23(24)31)18(11-20(29)28-21)13-7-14(22(30)32-3)9-16(26)8-13/h5-10,18,21H,2,4,11H2,1,3H3,(H,27,31)(H,28,29)/t18-,21+,24-/m0/s1. The van der Waals surface area contributed by atoms with E-state index in [1.54, 1.807) is 24.3 Å². The Kier molecular flexibility index (Phi) is 5.77. The third-order valence-corrected chi connectivity index (χ3v) is 6.81. The molecule has 0 aliphatic carbocycles. The SMILES string of the molecule is C=C(CC)[C@H]1NC(=O)C[C@@H](c2cc(Cl)cc(C(=O)OC)c2)[C@]12C(=O)Nc1cc(Cl)ccc12. The molecule has 6 nitrogen and oxygen atoms in total. The molecule has 1 saturated heterocycles. The number of methoxy groups -OCH3 is 1. The number of amides is 2. The van der Waals surface area contributed by atoms with Gasteiger partial charge < -0.3 is 15.4 Å². The second-order valence-corrected chi connectivity index (χ2v) is 8.92. The lowest BCUT2D eigenvalue weighted by Crippen LogP contribution is -2.62. The molecule has 0 bridgehead atoms. The normalized spacial score (nSPS) is 24.0. The van der Waals surface area contributed by atoms with E-state index in [4.69, 9.17) is 27.9 Å². The van der Waals surface area contributed by atoms with E-state index in [2.05, 4.69) is 17.2 Å². The molecule has 0 unspecified atom stereocenters.